The van der Waals surface area contributed by atoms with E-state index in [1.165, 1.54) is 0 Å². The van der Waals surface area contributed by atoms with Gasteiger partial charge in [-0.2, -0.15) is 5.26 Å². The summed E-state index contributed by atoms with van der Waals surface area (Å²) >= 11 is 3.39. The minimum Gasteiger partial charge on any atom is -0.466 e. The van der Waals surface area contributed by atoms with Gasteiger partial charge >= 0.3 is 5.97 Å². The van der Waals surface area contributed by atoms with Gasteiger partial charge in [0.15, 0.2) is 0 Å². The molecule has 0 spiro atoms. The molecule has 0 heterocycles. The highest BCUT2D eigenvalue weighted by Crippen LogP contribution is 2.19. The van der Waals surface area contributed by atoms with Crippen LogP contribution in [0.3, 0.4) is 0 Å². The molecule has 0 saturated heterocycles. The van der Waals surface area contributed by atoms with Gasteiger partial charge in [0.05, 0.1) is 19.1 Å². The lowest BCUT2D eigenvalue weighted by Crippen LogP contribution is -2.05. The van der Waals surface area contributed by atoms with Crippen molar-refractivity contribution in [3.05, 3.63) is 33.8 Å². The van der Waals surface area contributed by atoms with Gasteiger partial charge in [0, 0.05) is 10.9 Å². The minimum absolute atomic E-state index is 0.183. The van der Waals surface area contributed by atoms with Gasteiger partial charge in [-0.25, -0.2) is 0 Å². The number of carbonyl (C=O) groups excluding carboxylic acids is 1. The van der Waals surface area contributed by atoms with Crippen LogP contribution in [0.4, 0.5) is 0 Å². The monoisotopic (exact) mass is 295 g/mol. The molecule has 1 aromatic rings. The molecule has 0 saturated carbocycles. The molecule has 0 aliphatic heterocycles. The number of hydrogen-bond donors (Lipinski definition) is 0. The van der Waals surface area contributed by atoms with Crippen molar-refractivity contribution >= 4 is 21.9 Å². The first-order chi connectivity index (χ1) is 8.17. The molecule has 0 unspecified atom stereocenters. The molecule has 1 rings (SSSR count). The number of carbonyl (C=O) groups is 1. The molecule has 0 aromatic heterocycles. The third kappa shape index (κ3) is 4.58. The van der Waals surface area contributed by atoms with Crippen molar-refractivity contribution in [3.8, 4) is 6.07 Å². The highest BCUT2D eigenvalue weighted by molar-refractivity contribution is 9.10. The molecule has 4 heteroatoms. The van der Waals surface area contributed by atoms with E-state index < -0.39 is 0 Å². The number of rotatable bonds is 5. The predicted molar refractivity (Wildman–Crippen MR) is 68.4 cm³/mol. The van der Waals surface area contributed by atoms with Crippen molar-refractivity contribution in [2.45, 2.75) is 26.2 Å². The molecule has 17 heavy (non-hydrogen) atoms. The lowest BCUT2D eigenvalue weighted by Gasteiger charge is -2.05. The first kappa shape index (κ1) is 13.7. The van der Waals surface area contributed by atoms with Gasteiger partial charge in [-0.3, -0.25) is 4.79 Å². The molecule has 1 aromatic carbocycles. The smallest absolute Gasteiger partial charge is 0.306 e. The van der Waals surface area contributed by atoms with E-state index in [-0.39, 0.29) is 5.97 Å². The first-order valence-corrected chi connectivity index (χ1v) is 6.26. The summed E-state index contributed by atoms with van der Waals surface area (Å²) in [6.07, 6.45) is 1.39. The number of aryl methyl sites for hydroxylation is 1. The van der Waals surface area contributed by atoms with Crippen molar-refractivity contribution in [2.75, 3.05) is 6.61 Å². The Hall–Kier alpha value is -1.34. The van der Waals surface area contributed by atoms with Crippen LogP contribution in [0.2, 0.25) is 0 Å². The van der Waals surface area contributed by atoms with Gasteiger partial charge in [-0.15, -0.1) is 0 Å². The molecule has 0 radical (unpaired) electrons. The molecule has 0 fully saturated rings. The minimum atomic E-state index is -0.183. The summed E-state index contributed by atoms with van der Waals surface area (Å²) in [5, 5.41) is 8.68. The van der Waals surface area contributed by atoms with Crippen LogP contribution in [0, 0.1) is 11.3 Å². The van der Waals surface area contributed by atoms with Crippen LogP contribution in [-0.4, -0.2) is 12.6 Å². The quantitative estimate of drug-likeness (QED) is 0.785. The maximum Gasteiger partial charge on any atom is 0.306 e. The van der Waals surface area contributed by atoms with E-state index in [4.69, 9.17) is 10.00 Å². The number of halogens is 1. The molecule has 3 nitrogen and oxygen atoms in total. The number of ether oxygens (including phenoxy) is 1. The van der Waals surface area contributed by atoms with E-state index in [2.05, 4.69) is 22.0 Å². The molecule has 0 aliphatic rings. The van der Waals surface area contributed by atoms with Gasteiger partial charge in [0.1, 0.15) is 0 Å². The van der Waals surface area contributed by atoms with Crippen LogP contribution in [0.25, 0.3) is 0 Å². The van der Waals surface area contributed by atoms with Gasteiger partial charge < -0.3 is 4.74 Å². The van der Waals surface area contributed by atoms with Crippen molar-refractivity contribution in [1.82, 2.24) is 0 Å². The molecule has 0 atom stereocenters. The maximum atomic E-state index is 11.2. The van der Waals surface area contributed by atoms with Crippen molar-refractivity contribution < 1.29 is 9.53 Å². The first-order valence-electron chi connectivity index (χ1n) is 5.47. The molecule has 0 bridgehead atoms. The van der Waals surface area contributed by atoms with Gasteiger partial charge in [0.25, 0.3) is 0 Å². The van der Waals surface area contributed by atoms with Crippen LogP contribution in [-0.2, 0) is 22.4 Å². The Labute approximate surface area is 110 Å². The van der Waals surface area contributed by atoms with Crippen LogP contribution in [0.1, 0.15) is 24.5 Å². The second-order valence-electron chi connectivity index (χ2n) is 3.57. The molecule has 90 valence electrons. The Balaban J connectivity index is 2.63. The number of benzene rings is 1. The molecule has 0 N–H and O–H groups in total. The Morgan fingerprint density at radius 3 is 2.94 bits per heavy atom. The Kier molecular flexibility index (Phi) is 5.71. The zero-order valence-electron chi connectivity index (χ0n) is 9.70. The zero-order valence-corrected chi connectivity index (χ0v) is 11.3. The second-order valence-corrected chi connectivity index (χ2v) is 4.42. The third-order valence-corrected chi connectivity index (χ3v) is 3.08. The summed E-state index contributed by atoms with van der Waals surface area (Å²) in [6, 6.07) is 7.92. The summed E-state index contributed by atoms with van der Waals surface area (Å²) in [5.74, 6) is -0.183. The highest BCUT2D eigenvalue weighted by atomic mass is 79.9. The van der Waals surface area contributed by atoms with E-state index in [0.717, 1.165) is 15.6 Å². The zero-order chi connectivity index (χ0) is 12.7. The van der Waals surface area contributed by atoms with Crippen LogP contribution >= 0.6 is 15.9 Å². The van der Waals surface area contributed by atoms with Crippen LogP contribution in [0.15, 0.2) is 22.7 Å². The fourth-order valence-corrected chi connectivity index (χ4v) is 1.87. The van der Waals surface area contributed by atoms with Crippen molar-refractivity contribution in [3.63, 3.8) is 0 Å². The standard InChI is InChI=1S/C13H14BrNO2/c1-2-17-13(16)6-4-10-3-5-12(14)11(9-10)7-8-15/h3,5,9H,2,4,6-7H2,1H3. The Morgan fingerprint density at radius 1 is 1.53 bits per heavy atom. The molecule has 0 aliphatic carbocycles. The van der Waals surface area contributed by atoms with E-state index in [9.17, 15) is 4.79 Å². The highest BCUT2D eigenvalue weighted by Gasteiger charge is 2.05. The normalized spacial score (nSPS) is 9.71. The van der Waals surface area contributed by atoms with E-state index in [0.29, 0.717) is 25.9 Å². The largest absolute Gasteiger partial charge is 0.466 e. The Bertz CT molecular complexity index is 438. The van der Waals surface area contributed by atoms with Gasteiger partial charge in [0.2, 0.25) is 0 Å². The summed E-state index contributed by atoms with van der Waals surface area (Å²) in [5.41, 5.74) is 2.00. The average Bonchev–Trinajstić information content (AvgIpc) is 2.31. The molecular weight excluding hydrogens is 282 g/mol. The van der Waals surface area contributed by atoms with Crippen molar-refractivity contribution in [1.29, 1.82) is 5.26 Å². The molecule has 0 amide bonds. The lowest BCUT2D eigenvalue weighted by molar-refractivity contribution is -0.143. The predicted octanol–water partition coefficient (Wildman–Crippen LogP) is 3.01. The Morgan fingerprint density at radius 2 is 2.29 bits per heavy atom. The lowest BCUT2D eigenvalue weighted by atomic mass is 10.1. The summed E-state index contributed by atoms with van der Waals surface area (Å²) in [6.45, 7) is 2.21. The van der Waals surface area contributed by atoms with Crippen LogP contribution in [0.5, 0.6) is 0 Å². The number of esters is 1. The number of nitrogens with zero attached hydrogens (tertiary/aromatic N) is 1. The molecular formula is C13H14BrNO2. The average molecular weight is 296 g/mol. The van der Waals surface area contributed by atoms with Crippen molar-refractivity contribution in [2.24, 2.45) is 0 Å². The van der Waals surface area contributed by atoms with E-state index in [1.54, 1.807) is 6.92 Å². The fourth-order valence-electron chi connectivity index (χ4n) is 1.48. The number of hydrogen-bond acceptors (Lipinski definition) is 3. The topological polar surface area (TPSA) is 50.1 Å². The van der Waals surface area contributed by atoms with Gasteiger partial charge in [-0.05, 0) is 30.5 Å². The summed E-state index contributed by atoms with van der Waals surface area (Å²) < 4.78 is 5.79. The summed E-state index contributed by atoms with van der Waals surface area (Å²) in [7, 11) is 0. The third-order valence-electron chi connectivity index (χ3n) is 2.30. The van der Waals surface area contributed by atoms with Gasteiger partial charge in [-0.1, -0.05) is 28.1 Å². The summed E-state index contributed by atoms with van der Waals surface area (Å²) in [4.78, 5) is 11.2. The maximum absolute atomic E-state index is 11.2. The van der Waals surface area contributed by atoms with E-state index >= 15 is 0 Å². The van der Waals surface area contributed by atoms with Crippen LogP contribution < -0.4 is 0 Å². The van der Waals surface area contributed by atoms with E-state index in [1.807, 2.05) is 18.2 Å². The fraction of sp³-hybridized carbons (Fsp3) is 0.385. The SMILES string of the molecule is CCOC(=O)CCc1ccc(Br)c(CC#N)c1. The second kappa shape index (κ2) is 7.08. The number of nitriles is 1.